The lowest BCUT2D eigenvalue weighted by atomic mass is 10.2. The van der Waals surface area contributed by atoms with E-state index < -0.39 is 10.0 Å². The number of thiocarbonyl (C=S) groups is 1. The van der Waals surface area contributed by atoms with Crippen LogP contribution in [-0.4, -0.2) is 41.0 Å². The molecule has 0 saturated heterocycles. The molecule has 1 heterocycles. The van der Waals surface area contributed by atoms with Crippen molar-refractivity contribution in [3.05, 3.63) is 12.4 Å². The zero-order valence-electron chi connectivity index (χ0n) is 9.75. The maximum atomic E-state index is 12.2. The summed E-state index contributed by atoms with van der Waals surface area (Å²) in [6.07, 6.45) is 2.63. The molecule has 1 atom stereocenters. The van der Waals surface area contributed by atoms with Gasteiger partial charge < -0.3 is 5.73 Å². The molecule has 0 saturated carbocycles. The van der Waals surface area contributed by atoms with E-state index in [9.17, 15) is 8.42 Å². The molecule has 0 spiro atoms. The Morgan fingerprint density at radius 1 is 1.71 bits per heavy atom. The normalized spacial score (nSPS) is 13.8. The molecule has 8 heteroatoms. The summed E-state index contributed by atoms with van der Waals surface area (Å²) in [7, 11) is -3.51. The number of nitrogens with one attached hydrogen (secondary N) is 1. The molecule has 0 amide bonds. The first kappa shape index (κ1) is 14.1. The quantitative estimate of drug-likeness (QED) is 0.731. The lowest BCUT2D eigenvalue weighted by molar-refractivity contribution is 0.405. The van der Waals surface area contributed by atoms with Crippen molar-refractivity contribution in [3.63, 3.8) is 0 Å². The van der Waals surface area contributed by atoms with Crippen LogP contribution in [0, 0.1) is 5.92 Å². The molecular weight excluding hydrogens is 260 g/mol. The third-order valence-corrected chi connectivity index (χ3v) is 4.74. The Kier molecular flexibility index (Phi) is 4.61. The molecule has 0 aromatic carbocycles. The molecule has 0 aliphatic rings. The van der Waals surface area contributed by atoms with E-state index >= 15 is 0 Å². The molecule has 6 nitrogen and oxygen atoms in total. The van der Waals surface area contributed by atoms with Crippen LogP contribution >= 0.6 is 12.2 Å². The molecule has 0 radical (unpaired) electrons. The summed E-state index contributed by atoms with van der Waals surface area (Å²) < 4.78 is 25.7. The van der Waals surface area contributed by atoms with Gasteiger partial charge in [0.1, 0.15) is 4.90 Å². The first-order valence-corrected chi connectivity index (χ1v) is 7.02. The van der Waals surface area contributed by atoms with Crippen molar-refractivity contribution in [1.82, 2.24) is 14.5 Å². The summed E-state index contributed by atoms with van der Waals surface area (Å²) >= 11 is 4.85. The van der Waals surface area contributed by atoms with Crippen LogP contribution < -0.4 is 5.73 Å². The lowest BCUT2D eigenvalue weighted by Crippen LogP contribution is -2.38. The molecular formula is C9H16N4O2S2. The van der Waals surface area contributed by atoms with Crippen LogP contribution in [-0.2, 0) is 10.0 Å². The Hall–Kier alpha value is -0.990. The van der Waals surface area contributed by atoms with Crippen molar-refractivity contribution in [1.29, 1.82) is 0 Å². The van der Waals surface area contributed by atoms with E-state index in [1.165, 1.54) is 16.7 Å². The van der Waals surface area contributed by atoms with Crippen molar-refractivity contribution in [2.24, 2.45) is 11.7 Å². The summed E-state index contributed by atoms with van der Waals surface area (Å²) in [4.78, 5) is 0.459. The molecule has 0 aliphatic heterocycles. The van der Waals surface area contributed by atoms with Crippen molar-refractivity contribution >= 4 is 27.2 Å². The molecule has 17 heavy (non-hydrogen) atoms. The Morgan fingerprint density at radius 2 is 2.35 bits per heavy atom. The second-order valence-electron chi connectivity index (χ2n) is 3.69. The third-order valence-electron chi connectivity index (χ3n) is 2.43. The molecule has 1 unspecified atom stereocenters. The van der Waals surface area contributed by atoms with Crippen LogP contribution in [0.2, 0.25) is 0 Å². The van der Waals surface area contributed by atoms with E-state index in [1.807, 2.05) is 0 Å². The number of hydrogen-bond acceptors (Lipinski definition) is 4. The summed E-state index contributed by atoms with van der Waals surface area (Å²) in [5.41, 5.74) is 5.49. The van der Waals surface area contributed by atoms with Gasteiger partial charge in [0.05, 0.1) is 11.2 Å². The van der Waals surface area contributed by atoms with Crippen molar-refractivity contribution in [2.75, 3.05) is 13.1 Å². The van der Waals surface area contributed by atoms with Crippen molar-refractivity contribution < 1.29 is 8.42 Å². The lowest BCUT2D eigenvalue weighted by Gasteiger charge is -2.22. The molecule has 0 bridgehead atoms. The van der Waals surface area contributed by atoms with Gasteiger partial charge in [0.15, 0.2) is 0 Å². The first-order valence-electron chi connectivity index (χ1n) is 5.17. The predicted molar refractivity (Wildman–Crippen MR) is 69.0 cm³/mol. The number of rotatable bonds is 6. The summed E-state index contributed by atoms with van der Waals surface area (Å²) in [6.45, 7) is 4.21. The van der Waals surface area contributed by atoms with E-state index in [-0.39, 0.29) is 17.4 Å². The zero-order valence-corrected chi connectivity index (χ0v) is 11.4. The fraction of sp³-hybridized carbons (Fsp3) is 0.556. The average molecular weight is 276 g/mol. The van der Waals surface area contributed by atoms with Gasteiger partial charge in [-0.2, -0.15) is 9.40 Å². The van der Waals surface area contributed by atoms with Gasteiger partial charge in [0, 0.05) is 25.2 Å². The van der Waals surface area contributed by atoms with E-state index in [0.717, 1.165) is 0 Å². The second kappa shape index (κ2) is 5.56. The molecule has 0 aliphatic carbocycles. The number of nitrogens with zero attached hydrogens (tertiary/aromatic N) is 2. The fourth-order valence-electron chi connectivity index (χ4n) is 1.32. The maximum absolute atomic E-state index is 12.2. The molecule has 3 N–H and O–H groups in total. The van der Waals surface area contributed by atoms with E-state index in [1.54, 1.807) is 13.8 Å². The largest absolute Gasteiger partial charge is 0.393 e. The van der Waals surface area contributed by atoms with Gasteiger partial charge in [-0.3, -0.25) is 5.10 Å². The van der Waals surface area contributed by atoms with Gasteiger partial charge in [-0.05, 0) is 0 Å². The van der Waals surface area contributed by atoms with E-state index in [4.69, 9.17) is 18.0 Å². The van der Waals surface area contributed by atoms with Crippen LogP contribution in [0.25, 0.3) is 0 Å². The molecule has 1 aromatic heterocycles. The van der Waals surface area contributed by atoms with Crippen molar-refractivity contribution in [3.8, 4) is 0 Å². The fourth-order valence-corrected chi connectivity index (χ4v) is 2.84. The second-order valence-corrected chi connectivity index (χ2v) is 6.10. The Bertz CT molecular complexity index is 469. The summed E-state index contributed by atoms with van der Waals surface area (Å²) in [5.74, 6) is -0.161. The molecule has 96 valence electrons. The molecule has 1 aromatic rings. The van der Waals surface area contributed by atoms with E-state index in [2.05, 4.69) is 10.2 Å². The van der Waals surface area contributed by atoms with Crippen LogP contribution in [0.1, 0.15) is 13.8 Å². The van der Waals surface area contributed by atoms with Crippen LogP contribution in [0.3, 0.4) is 0 Å². The maximum Gasteiger partial charge on any atom is 0.246 e. The molecule has 0 fully saturated rings. The Balaban J connectivity index is 2.92. The Labute approximate surface area is 106 Å². The minimum absolute atomic E-state index is 0.148. The predicted octanol–water partition coefficient (Wildman–Crippen LogP) is 0.342. The highest BCUT2D eigenvalue weighted by Gasteiger charge is 2.25. The number of H-pyrrole nitrogens is 1. The van der Waals surface area contributed by atoms with Crippen LogP contribution in [0.4, 0.5) is 0 Å². The van der Waals surface area contributed by atoms with Gasteiger partial charge in [0.2, 0.25) is 10.0 Å². The van der Waals surface area contributed by atoms with E-state index in [0.29, 0.717) is 11.5 Å². The topological polar surface area (TPSA) is 92.1 Å². The van der Waals surface area contributed by atoms with Gasteiger partial charge >= 0.3 is 0 Å². The van der Waals surface area contributed by atoms with Crippen molar-refractivity contribution in [2.45, 2.75) is 18.7 Å². The van der Waals surface area contributed by atoms with Crippen LogP contribution in [0.15, 0.2) is 17.3 Å². The van der Waals surface area contributed by atoms with Gasteiger partial charge in [-0.15, -0.1) is 0 Å². The highest BCUT2D eigenvalue weighted by Crippen LogP contribution is 2.15. The first-order chi connectivity index (χ1) is 7.89. The number of nitrogens with two attached hydrogens (primary N) is 1. The SMILES string of the molecule is CCN(CC(C)C(N)=S)S(=O)(=O)c1cn[nH]c1. The number of hydrogen-bond donors (Lipinski definition) is 2. The molecule has 1 rings (SSSR count). The van der Waals surface area contributed by atoms with Gasteiger partial charge in [-0.1, -0.05) is 26.1 Å². The third kappa shape index (κ3) is 3.24. The van der Waals surface area contributed by atoms with Crippen LogP contribution in [0.5, 0.6) is 0 Å². The highest BCUT2D eigenvalue weighted by molar-refractivity contribution is 7.89. The van der Waals surface area contributed by atoms with Gasteiger partial charge in [-0.25, -0.2) is 8.42 Å². The number of aromatic amines is 1. The summed E-state index contributed by atoms with van der Waals surface area (Å²) in [5, 5.41) is 6.12. The summed E-state index contributed by atoms with van der Waals surface area (Å²) in [6, 6.07) is 0. The minimum Gasteiger partial charge on any atom is -0.393 e. The monoisotopic (exact) mass is 276 g/mol. The minimum atomic E-state index is -3.51. The number of sulfonamides is 1. The standard InChI is InChI=1S/C9H16N4O2S2/c1-3-13(6-7(2)9(10)16)17(14,15)8-4-11-12-5-8/h4-5,7H,3,6H2,1-2H3,(H2,10,16)(H,11,12). The van der Waals surface area contributed by atoms with Gasteiger partial charge in [0.25, 0.3) is 0 Å². The average Bonchev–Trinajstić information content (AvgIpc) is 2.78. The zero-order chi connectivity index (χ0) is 13.1. The Morgan fingerprint density at radius 3 is 2.76 bits per heavy atom. The number of aromatic nitrogens is 2. The smallest absolute Gasteiger partial charge is 0.246 e. The highest BCUT2D eigenvalue weighted by atomic mass is 32.2.